The Balaban J connectivity index is 1.48. The standard InChI is InChI=1S/C20H18N6O2/c1-25-20(28)17-5-3-2-4-16(17)18(24-25)19(27)22-10-14-6-8-15(9-7-14)11-26-13-21-12-23-26/h2-9,12-13H,10-11H2,1H3,(H,22,27). The minimum Gasteiger partial charge on any atom is -0.347 e. The van der Waals surface area contributed by atoms with Crippen LogP contribution in [0.15, 0.2) is 66.0 Å². The molecule has 0 saturated heterocycles. The van der Waals surface area contributed by atoms with E-state index in [-0.39, 0.29) is 17.2 Å². The first-order valence-electron chi connectivity index (χ1n) is 8.76. The molecule has 0 saturated carbocycles. The Morgan fingerprint density at radius 1 is 1.04 bits per heavy atom. The number of fused-ring (bicyclic) bond motifs is 1. The summed E-state index contributed by atoms with van der Waals surface area (Å²) >= 11 is 0. The van der Waals surface area contributed by atoms with Crippen LogP contribution in [0.25, 0.3) is 10.8 Å². The van der Waals surface area contributed by atoms with Crippen LogP contribution in [0.4, 0.5) is 0 Å². The van der Waals surface area contributed by atoms with E-state index in [1.807, 2.05) is 24.3 Å². The Hall–Kier alpha value is -3.81. The first-order valence-corrected chi connectivity index (χ1v) is 8.76. The van der Waals surface area contributed by atoms with Crippen molar-refractivity contribution in [3.05, 3.63) is 88.4 Å². The minimum atomic E-state index is -0.321. The molecular formula is C20H18N6O2. The van der Waals surface area contributed by atoms with Crippen molar-refractivity contribution in [1.82, 2.24) is 29.9 Å². The molecule has 1 amide bonds. The van der Waals surface area contributed by atoms with Crippen molar-refractivity contribution in [2.24, 2.45) is 7.05 Å². The molecule has 8 heteroatoms. The second-order valence-corrected chi connectivity index (χ2v) is 6.42. The lowest BCUT2D eigenvalue weighted by atomic mass is 10.1. The lowest BCUT2D eigenvalue weighted by Crippen LogP contribution is -2.29. The van der Waals surface area contributed by atoms with Crippen LogP contribution < -0.4 is 10.9 Å². The van der Waals surface area contributed by atoms with Gasteiger partial charge in [-0.25, -0.2) is 14.3 Å². The fourth-order valence-electron chi connectivity index (χ4n) is 3.00. The van der Waals surface area contributed by atoms with Gasteiger partial charge in [-0.2, -0.15) is 10.2 Å². The molecular weight excluding hydrogens is 356 g/mol. The maximum atomic E-state index is 12.7. The molecule has 0 bridgehead atoms. The van der Waals surface area contributed by atoms with Crippen LogP contribution in [0.3, 0.4) is 0 Å². The maximum absolute atomic E-state index is 12.7. The summed E-state index contributed by atoms with van der Waals surface area (Å²) in [4.78, 5) is 28.8. The quantitative estimate of drug-likeness (QED) is 0.571. The van der Waals surface area contributed by atoms with Gasteiger partial charge in [0.05, 0.1) is 11.9 Å². The van der Waals surface area contributed by atoms with E-state index in [2.05, 4.69) is 20.5 Å². The van der Waals surface area contributed by atoms with Gasteiger partial charge in [0.25, 0.3) is 11.5 Å². The van der Waals surface area contributed by atoms with Crippen molar-refractivity contribution in [2.75, 3.05) is 0 Å². The minimum absolute atomic E-state index is 0.227. The number of amides is 1. The molecule has 2 aromatic carbocycles. The second kappa shape index (κ2) is 7.43. The summed E-state index contributed by atoms with van der Waals surface area (Å²) in [5.41, 5.74) is 2.06. The normalized spacial score (nSPS) is 10.9. The molecule has 0 atom stereocenters. The van der Waals surface area contributed by atoms with E-state index < -0.39 is 0 Å². The summed E-state index contributed by atoms with van der Waals surface area (Å²) in [6.07, 6.45) is 3.17. The Labute approximate surface area is 160 Å². The number of carbonyl (C=O) groups is 1. The zero-order valence-corrected chi connectivity index (χ0v) is 15.2. The first kappa shape index (κ1) is 17.6. The molecule has 2 aromatic heterocycles. The van der Waals surface area contributed by atoms with Gasteiger partial charge in [-0.15, -0.1) is 0 Å². The van der Waals surface area contributed by atoms with Gasteiger partial charge >= 0.3 is 0 Å². The average molecular weight is 374 g/mol. The van der Waals surface area contributed by atoms with Crippen molar-refractivity contribution in [3.63, 3.8) is 0 Å². The lowest BCUT2D eigenvalue weighted by molar-refractivity contribution is 0.0945. The van der Waals surface area contributed by atoms with Crippen LogP contribution in [-0.2, 0) is 20.1 Å². The van der Waals surface area contributed by atoms with Gasteiger partial charge in [0, 0.05) is 19.0 Å². The van der Waals surface area contributed by atoms with Gasteiger partial charge < -0.3 is 5.32 Å². The molecule has 0 unspecified atom stereocenters. The number of rotatable bonds is 5. The van der Waals surface area contributed by atoms with E-state index in [0.717, 1.165) is 11.1 Å². The Morgan fingerprint density at radius 3 is 2.46 bits per heavy atom. The smallest absolute Gasteiger partial charge is 0.274 e. The molecule has 0 aliphatic carbocycles. The van der Waals surface area contributed by atoms with Crippen LogP contribution in [0.5, 0.6) is 0 Å². The third kappa shape index (κ3) is 3.52. The van der Waals surface area contributed by atoms with Crippen LogP contribution in [-0.4, -0.2) is 30.5 Å². The number of carbonyl (C=O) groups excluding carboxylic acids is 1. The summed E-state index contributed by atoms with van der Waals surface area (Å²) in [7, 11) is 1.54. The molecule has 0 aliphatic heterocycles. The highest BCUT2D eigenvalue weighted by Gasteiger charge is 2.15. The molecule has 4 rings (SSSR count). The van der Waals surface area contributed by atoms with Crippen molar-refractivity contribution >= 4 is 16.7 Å². The Morgan fingerprint density at radius 2 is 1.75 bits per heavy atom. The Kier molecular flexibility index (Phi) is 4.67. The predicted molar refractivity (Wildman–Crippen MR) is 104 cm³/mol. The SMILES string of the molecule is Cn1nc(C(=O)NCc2ccc(Cn3cncn3)cc2)c2ccccc2c1=O. The number of aromatic nitrogens is 5. The van der Waals surface area contributed by atoms with E-state index in [1.54, 1.807) is 42.3 Å². The molecule has 4 aromatic rings. The summed E-state index contributed by atoms with van der Waals surface area (Å²) in [5, 5.41) is 12.1. The first-order chi connectivity index (χ1) is 13.6. The summed E-state index contributed by atoms with van der Waals surface area (Å²) < 4.78 is 2.93. The molecule has 2 heterocycles. The molecule has 28 heavy (non-hydrogen) atoms. The van der Waals surface area contributed by atoms with E-state index in [9.17, 15) is 9.59 Å². The van der Waals surface area contributed by atoms with Gasteiger partial charge in [-0.1, -0.05) is 42.5 Å². The zero-order chi connectivity index (χ0) is 19.5. The summed E-state index contributed by atoms with van der Waals surface area (Å²) in [6, 6.07) is 14.9. The van der Waals surface area contributed by atoms with Gasteiger partial charge in [-0.3, -0.25) is 9.59 Å². The van der Waals surface area contributed by atoms with Gasteiger partial charge in [0.1, 0.15) is 12.7 Å². The molecule has 0 spiro atoms. The van der Waals surface area contributed by atoms with E-state index in [0.29, 0.717) is 23.9 Å². The molecule has 140 valence electrons. The number of nitrogens with one attached hydrogen (secondary N) is 1. The zero-order valence-electron chi connectivity index (χ0n) is 15.2. The highest BCUT2D eigenvalue weighted by molar-refractivity contribution is 6.04. The fourth-order valence-corrected chi connectivity index (χ4v) is 3.00. The number of hydrogen-bond acceptors (Lipinski definition) is 5. The second-order valence-electron chi connectivity index (χ2n) is 6.42. The van der Waals surface area contributed by atoms with Crippen LogP contribution in [0.2, 0.25) is 0 Å². The topological polar surface area (TPSA) is 94.7 Å². The van der Waals surface area contributed by atoms with Gasteiger partial charge in [0.15, 0.2) is 5.69 Å². The van der Waals surface area contributed by atoms with E-state index in [1.165, 1.54) is 11.0 Å². The molecule has 1 N–H and O–H groups in total. The average Bonchev–Trinajstić information content (AvgIpc) is 3.23. The van der Waals surface area contributed by atoms with Crippen molar-refractivity contribution in [1.29, 1.82) is 0 Å². The number of nitrogens with zero attached hydrogens (tertiary/aromatic N) is 5. The van der Waals surface area contributed by atoms with Gasteiger partial charge in [0.2, 0.25) is 0 Å². The molecule has 0 aliphatic rings. The van der Waals surface area contributed by atoms with Crippen LogP contribution in [0, 0.1) is 0 Å². The van der Waals surface area contributed by atoms with Gasteiger partial charge in [-0.05, 0) is 17.2 Å². The molecule has 0 fully saturated rings. The van der Waals surface area contributed by atoms with Crippen molar-refractivity contribution in [2.45, 2.75) is 13.1 Å². The van der Waals surface area contributed by atoms with E-state index >= 15 is 0 Å². The predicted octanol–water partition coefficient (Wildman–Crippen LogP) is 1.50. The third-order valence-corrected chi connectivity index (χ3v) is 4.46. The monoisotopic (exact) mass is 374 g/mol. The van der Waals surface area contributed by atoms with Crippen LogP contribution >= 0.6 is 0 Å². The summed E-state index contributed by atoms with van der Waals surface area (Å²) in [5.74, 6) is -0.321. The number of benzene rings is 2. The van der Waals surface area contributed by atoms with E-state index in [4.69, 9.17) is 0 Å². The number of hydrogen-bond donors (Lipinski definition) is 1. The largest absolute Gasteiger partial charge is 0.347 e. The summed E-state index contributed by atoms with van der Waals surface area (Å²) in [6.45, 7) is 1.00. The molecule has 8 nitrogen and oxygen atoms in total. The van der Waals surface area contributed by atoms with Crippen molar-refractivity contribution in [3.8, 4) is 0 Å². The highest BCUT2D eigenvalue weighted by Crippen LogP contribution is 2.13. The lowest BCUT2D eigenvalue weighted by Gasteiger charge is -2.09. The molecule has 0 radical (unpaired) electrons. The Bertz CT molecular complexity index is 1180. The van der Waals surface area contributed by atoms with Crippen LogP contribution in [0.1, 0.15) is 21.6 Å². The van der Waals surface area contributed by atoms with Crippen molar-refractivity contribution < 1.29 is 4.79 Å². The highest BCUT2D eigenvalue weighted by atomic mass is 16.2. The maximum Gasteiger partial charge on any atom is 0.274 e. The fraction of sp³-hybridized carbons (Fsp3) is 0.150. The third-order valence-electron chi connectivity index (χ3n) is 4.46. The number of aryl methyl sites for hydroxylation is 1.